The average Bonchev–Trinajstić information content (AvgIpc) is 3.44. The summed E-state index contributed by atoms with van der Waals surface area (Å²) in [5.41, 5.74) is 3.70. The SMILES string of the molecule is Cn1nc(-c2nnc(-c3ccc(F)cc3)o2)c2c1CCN(S(=O)(=O)c1ccc(C(C)(C)C)cc1)C2. The lowest BCUT2D eigenvalue weighted by Gasteiger charge is -2.27. The van der Waals surface area contributed by atoms with Crippen LogP contribution in [0, 0.1) is 5.82 Å². The zero-order chi connectivity index (χ0) is 25.0. The summed E-state index contributed by atoms with van der Waals surface area (Å²) in [6.07, 6.45) is 0.511. The van der Waals surface area contributed by atoms with Gasteiger partial charge in [0.25, 0.3) is 5.89 Å². The van der Waals surface area contributed by atoms with Crippen LogP contribution in [0.25, 0.3) is 23.0 Å². The van der Waals surface area contributed by atoms with E-state index in [4.69, 9.17) is 4.42 Å². The first-order chi connectivity index (χ1) is 16.5. The Morgan fingerprint density at radius 3 is 2.29 bits per heavy atom. The molecule has 2 aromatic carbocycles. The molecule has 0 radical (unpaired) electrons. The van der Waals surface area contributed by atoms with Crippen molar-refractivity contribution in [3.8, 4) is 23.0 Å². The van der Waals surface area contributed by atoms with E-state index in [1.54, 1.807) is 28.9 Å². The van der Waals surface area contributed by atoms with Crippen LogP contribution >= 0.6 is 0 Å². The minimum absolute atomic E-state index is 0.0657. The topological polar surface area (TPSA) is 94.1 Å². The normalized spacial score (nSPS) is 14.8. The van der Waals surface area contributed by atoms with E-state index >= 15 is 0 Å². The van der Waals surface area contributed by atoms with Crippen LogP contribution in [0.2, 0.25) is 0 Å². The maximum Gasteiger partial charge on any atom is 0.268 e. The number of nitrogens with zero attached hydrogens (tertiary/aromatic N) is 5. The number of hydrogen-bond donors (Lipinski definition) is 0. The fraction of sp³-hybridized carbons (Fsp3) is 0.320. The molecule has 10 heteroatoms. The minimum atomic E-state index is -3.70. The van der Waals surface area contributed by atoms with Gasteiger partial charge in [0.1, 0.15) is 5.82 Å². The van der Waals surface area contributed by atoms with Crippen molar-refractivity contribution in [1.82, 2.24) is 24.3 Å². The summed E-state index contributed by atoms with van der Waals surface area (Å²) in [4.78, 5) is 0.260. The van der Waals surface area contributed by atoms with Crippen molar-refractivity contribution in [3.05, 3.63) is 71.2 Å². The van der Waals surface area contributed by atoms with Crippen LogP contribution in [0.3, 0.4) is 0 Å². The van der Waals surface area contributed by atoms with Gasteiger partial charge >= 0.3 is 0 Å². The largest absolute Gasteiger partial charge is 0.415 e. The fourth-order valence-corrected chi connectivity index (χ4v) is 5.66. The second kappa shape index (κ2) is 8.39. The standard InChI is InChI=1S/C25H26FN5O3S/c1-25(2,3)17-7-11-19(12-8-17)35(32,33)31-14-13-21-20(15-31)22(29-30(21)4)24-28-27-23(34-24)16-5-9-18(26)10-6-16/h5-12H,13-15H2,1-4H3. The van der Waals surface area contributed by atoms with Crippen LogP contribution in [0.5, 0.6) is 0 Å². The molecule has 0 bridgehead atoms. The molecule has 0 unspecified atom stereocenters. The van der Waals surface area contributed by atoms with Crippen molar-refractivity contribution in [3.63, 3.8) is 0 Å². The van der Waals surface area contributed by atoms with Crippen LogP contribution < -0.4 is 0 Å². The molecule has 4 aromatic rings. The van der Waals surface area contributed by atoms with Crippen LogP contribution in [-0.4, -0.2) is 39.2 Å². The molecule has 1 aliphatic heterocycles. The molecule has 182 valence electrons. The minimum Gasteiger partial charge on any atom is -0.415 e. The van der Waals surface area contributed by atoms with E-state index in [1.165, 1.54) is 16.4 Å². The summed E-state index contributed by atoms with van der Waals surface area (Å²) in [5.74, 6) is 0.0650. The maximum atomic E-state index is 13.4. The fourth-order valence-electron chi connectivity index (χ4n) is 4.25. The van der Waals surface area contributed by atoms with Crippen LogP contribution in [0.1, 0.15) is 37.6 Å². The Bertz CT molecular complexity index is 1480. The highest BCUT2D eigenvalue weighted by molar-refractivity contribution is 7.89. The Balaban J connectivity index is 1.45. The monoisotopic (exact) mass is 495 g/mol. The van der Waals surface area contributed by atoms with E-state index in [1.807, 2.05) is 19.2 Å². The van der Waals surface area contributed by atoms with Crippen molar-refractivity contribution in [1.29, 1.82) is 0 Å². The molecular weight excluding hydrogens is 469 g/mol. The first-order valence-electron chi connectivity index (χ1n) is 11.3. The molecule has 0 atom stereocenters. The molecule has 0 amide bonds. The summed E-state index contributed by atoms with van der Waals surface area (Å²) in [5, 5.41) is 12.8. The van der Waals surface area contributed by atoms with Crippen molar-refractivity contribution >= 4 is 10.0 Å². The van der Waals surface area contributed by atoms with Crippen molar-refractivity contribution < 1.29 is 17.2 Å². The highest BCUT2D eigenvalue weighted by Gasteiger charge is 2.33. The zero-order valence-electron chi connectivity index (χ0n) is 20.0. The van der Waals surface area contributed by atoms with Crippen molar-refractivity contribution in [2.45, 2.75) is 44.0 Å². The molecule has 2 aromatic heterocycles. The predicted molar refractivity (Wildman–Crippen MR) is 128 cm³/mol. The molecule has 0 saturated heterocycles. The summed E-state index contributed by atoms with van der Waals surface area (Å²) in [6.45, 7) is 6.76. The Morgan fingerprint density at radius 2 is 1.63 bits per heavy atom. The van der Waals surface area contributed by atoms with Crippen molar-refractivity contribution in [2.24, 2.45) is 7.05 Å². The summed E-state index contributed by atoms with van der Waals surface area (Å²) >= 11 is 0. The third kappa shape index (κ3) is 4.28. The van der Waals surface area contributed by atoms with Gasteiger partial charge in [-0.3, -0.25) is 4.68 Å². The third-order valence-corrected chi connectivity index (χ3v) is 8.14. The number of sulfonamides is 1. The van der Waals surface area contributed by atoms with Gasteiger partial charge in [-0.05, 0) is 47.4 Å². The predicted octanol–water partition coefficient (Wildman–Crippen LogP) is 4.32. The maximum absolute atomic E-state index is 13.4. The molecule has 1 aliphatic rings. The number of rotatable bonds is 4. The summed E-state index contributed by atoms with van der Waals surface area (Å²) in [7, 11) is -1.89. The Kier molecular flexibility index (Phi) is 5.60. The summed E-state index contributed by atoms with van der Waals surface area (Å²) < 4.78 is 49.2. The van der Waals surface area contributed by atoms with Crippen LogP contribution in [-0.2, 0) is 35.5 Å². The first-order valence-corrected chi connectivity index (χ1v) is 12.7. The van der Waals surface area contributed by atoms with Crippen LogP contribution in [0.15, 0.2) is 57.8 Å². The first kappa shape index (κ1) is 23.4. The quantitative estimate of drug-likeness (QED) is 0.419. The van der Waals surface area contributed by atoms with Gasteiger partial charge in [0.15, 0.2) is 5.69 Å². The van der Waals surface area contributed by atoms with E-state index in [-0.39, 0.29) is 34.5 Å². The van der Waals surface area contributed by atoms with Gasteiger partial charge in [-0.15, -0.1) is 10.2 Å². The van der Waals surface area contributed by atoms with Gasteiger partial charge in [-0.2, -0.15) is 9.40 Å². The molecule has 0 fully saturated rings. The number of halogens is 1. The molecule has 35 heavy (non-hydrogen) atoms. The van der Waals surface area contributed by atoms with Gasteiger partial charge in [0.2, 0.25) is 15.9 Å². The smallest absolute Gasteiger partial charge is 0.268 e. The Hall–Kier alpha value is -3.37. The molecule has 0 saturated carbocycles. The summed E-state index contributed by atoms with van der Waals surface area (Å²) in [6, 6.07) is 12.8. The van der Waals surface area contributed by atoms with Gasteiger partial charge < -0.3 is 4.42 Å². The second-order valence-electron chi connectivity index (χ2n) is 9.68. The number of aryl methyl sites for hydroxylation is 1. The lowest BCUT2D eigenvalue weighted by atomic mass is 9.87. The lowest BCUT2D eigenvalue weighted by molar-refractivity contribution is 0.386. The van der Waals surface area contributed by atoms with Gasteiger partial charge in [0, 0.05) is 43.4 Å². The third-order valence-electron chi connectivity index (χ3n) is 6.28. The van der Waals surface area contributed by atoms with E-state index in [2.05, 4.69) is 36.1 Å². The van der Waals surface area contributed by atoms with E-state index < -0.39 is 10.0 Å². The number of fused-ring (bicyclic) bond motifs is 1. The molecule has 0 aliphatic carbocycles. The second-order valence-corrected chi connectivity index (χ2v) is 11.6. The van der Waals surface area contributed by atoms with Gasteiger partial charge in [0.05, 0.1) is 4.90 Å². The highest BCUT2D eigenvalue weighted by Crippen LogP contribution is 2.33. The lowest BCUT2D eigenvalue weighted by Crippen LogP contribution is -2.36. The van der Waals surface area contributed by atoms with Crippen molar-refractivity contribution in [2.75, 3.05) is 6.54 Å². The molecule has 8 nitrogen and oxygen atoms in total. The van der Waals surface area contributed by atoms with E-state index in [0.29, 0.717) is 24.2 Å². The molecular formula is C25H26FN5O3S. The molecule has 3 heterocycles. The molecule has 5 rings (SSSR count). The number of aromatic nitrogens is 4. The number of hydrogen-bond acceptors (Lipinski definition) is 6. The Morgan fingerprint density at radius 1 is 0.971 bits per heavy atom. The highest BCUT2D eigenvalue weighted by atomic mass is 32.2. The van der Waals surface area contributed by atoms with Gasteiger partial charge in [-0.1, -0.05) is 32.9 Å². The van der Waals surface area contributed by atoms with E-state index in [0.717, 1.165) is 16.8 Å². The molecule has 0 N–H and O–H groups in total. The number of benzene rings is 2. The van der Waals surface area contributed by atoms with E-state index in [9.17, 15) is 12.8 Å². The molecule has 0 spiro atoms. The van der Waals surface area contributed by atoms with Gasteiger partial charge in [-0.25, -0.2) is 12.8 Å². The van der Waals surface area contributed by atoms with Crippen LogP contribution in [0.4, 0.5) is 4.39 Å². The average molecular weight is 496 g/mol. The zero-order valence-corrected chi connectivity index (χ0v) is 20.8. The Labute approximate surface area is 203 Å².